The monoisotopic (exact) mass is 398 g/mol. The van der Waals surface area contributed by atoms with Gasteiger partial charge >= 0.3 is 5.97 Å². The van der Waals surface area contributed by atoms with Gasteiger partial charge in [-0.3, -0.25) is 9.59 Å². The van der Waals surface area contributed by atoms with Gasteiger partial charge in [0.05, 0.1) is 15.6 Å². The molecule has 0 saturated carbocycles. The largest absolute Gasteiger partial charge is 0.452 e. The number of carbonyl (C=O) groups is 3. The van der Waals surface area contributed by atoms with Crippen LogP contribution in [0.2, 0.25) is 10.0 Å². The van der Waals surface area contributed by atoms with E-state index in [2.05, 4.69) is 5.32 Å². The zero-order chi connectivity index (χ0) is 18.4. The van der Waals surface area contributed by atoms with E-state index in [9.17, 15) is 14.4 Å². The third-order valence-corrected chi connectivity index (χ3v) is 4.45. The van der Waals surface area contributed by atoms with E-state index in [1.54, 1.807) is 23.6 Å². The Balaban J connectivity index is 1.85. The number of halogens is 2. The lowest BCUT2D eigenvalue weighted by Crippen LogP contribution is -2.21. The number of carbonyl (C=O) groups excluding carboxylic acids is 3. The molecule has 6 nitrogen and oxygen atoms in total. The van der Waals surface area contributed by atoms with E-state index in [4.69, 9.17) is 33.7 Å². The number of amides is 2. The number of hydrogen-bond acceptors (Lipinski definition) is 5. The molecule has 1 aromatic heterocycles. The fourth-order valence-electron chi connectivity index (χ4n) is 1.73. The van der Waals surface area contributed by atoms with Crippen LogP contribution in [0.1, 0.15) is 15.9 Å². The zero-order valence-corrected chi connectivity index (χ0v) is 15.0. The molecule has 25 heavy (non-hydrogen) atoms. The summed E-state index contributed by atoms with van der Waals surface area (Å²) >= 11 is 12.8. The van der Waals surface area contributed by atoms with Gasteiger partial charge in [0, 0.05) is 6.08 Å². The van der Waals surface area contributed by atoms with Crippen molar-refractivity contribution in [2.24, 2.45) is 5.73 Å². The average molecular weight is 399 g/mol. The van der Waals surface area contributed by atoms with E-state index >= 15 is 0 Å². The first-order valence-corrected chi connectivity index (χ1v) is 8.47. The topological polar surface area (TPSA) is 98.5 Å². The molecule has 0 aliphatic carbocycles. The molecule has 9 heteroatoms. The molecule has 0 atom stereocenters. The Morgan fingerprint density at radius 3 is 2.64 bits per heavy atom. The van der Waals surface area contributed by atoms with Gasteiger partial charge in [-0.15, -0.1) is 11.3 Å². The highest BCUT2D eigenvalue weighted by Gasteiger charge is 2.13. The minimum Gasteiger partial charge on any atom is -0.452 e. The molecule has 0 bridgehead atoms. The predicted octanol–water partition coefficient (Wildman–Crippen LogP) is 3.35. The van der Waals surface area contributed by atoms with Crippen LogP contribution < -0.4 is 11.1 Å². The van der Waals surface area contributed by atoms with Gasteiger partial charge in [-0.05, 0) is 35.2 Å². The van der Waals surface area contributed by atoms with Crippen molar-refractivity contribution >= 4 is 63.4 Å². The Hall–Kier alpha value is -2.35. The molecule has 0 aliphatic rings. The molecule has 3 N–H and O–H groups in total. The molecule has 130 valence electrons. The van der Waals surface area contributed by atoms with Crippen molar-refractivity contribution in [1.29, 1.82) is 0 Å². The van der Waals surface area contributed by atoms with Crippen LogP contribution in [0.3, 0.4) is 0 Å². The van der Waals surface area contributed by atoms with E-state index in [1.807, 2.05) is 0 Å². The Bertz CT molecular complexity index is 848. The number of rotatable bonds is 6. The normalized spacial score (nSPS) is 10.6. The molecular weight excluding hydrogens is 387 g/mol. The summed E-state index contributed by atoms with van der Waals surface area (Å²) < 4.78 is 4.82. The quantitative estimate of drug-likeness (QED) is 0.575. The second kappa shape index (κ2) is 8.66. The molecule has 0 fully saturated rings. The maximum absolute atomic E-state index is 11.8. The number of hydrogen-bond donors (Lipinski definition) is 2. The lowest BCUT2D eigenvalue weighted by atomic mass is 10.2. The highest BCUT2D eigenvalue weighted by molar-refractivity contribution is 7.14. The van der Waals surface area contributed by atoms with Gasteiger partial charge in [-0.25, -0.2) is 4.79 Å². The Kier molecular flexibility index (Phi) is 6.58. The lowest BCUT2D eigenvalue weighted by Gasteiger charge is -2.04. The molecule has 2 amide bonds. The van der Waals surface area contributed by atoms with Crippen molar-refractivity contribution in [3.05, 3.63) is 56.9 Å². The first-order valence-electron chi connectivity index (χ1n) is 6.84. The number of nitrogens with one attached hydrogen (secondary N) is 1. The SMILES string of the molecule is NC(=O)c1ccsc1NC(=O)COC(=O)C=Cc1ccc(Cl)c(Cl)c1. The summed E-state index contributed by atoms with van der Waals surface area (Å²) in [6, 6.07) is 6.35. The van der Waals surface area contributed by atoms with Crippen molar-refractivity contribution in [3.8, 4) is 0 Å². The summed E-state index contributed by atoms with van der Waals surface area (Å²) in [4.78, 5) is 34.5. The summed E-state index contributed by atoms with van der Waals surface area (Å²) in [5.41, 5.74) is 6.03. The second-order valence-corrected chi connectivity index (χ2v) is 6.42. The Morgan fingerprint density at radius 2 is 1.96 bits per heavy atom. The van der Waals surface area contributed by atoms with E-state index < -0.39 is 24.4 Å². The van der Waals surface area contributed by atoms with Crippen LogP contribution >= 0.6 is 34.5 Å². The van der Waals surface area contributed by atoms with Gasteiger partial charge < -0.3 is 15.8 Å². The maximum atomic E-state index is 11.8. The summed E-state index contributed by atoms with van der Waals surface area (Å²) in [6.45, 7) is -0.499. The van der Waals surface area contributed by atoms with E-state index in [0.717, 1.165) is 17.4 Å². The molecule has 2 aromatic rings. The second-order valence-electron chi connectivity index (χ2n) is 4.69. The van der Waals surface area contributed by atoms with Gasteiger partial charge in [0.15, 0.2) is 6.61 Å². The summed E-state index contributed by atoms with van der Waals surface area (Å²) in [5, 5.41) is 5.14. The van der Waals surface area contributed by atoms with Crippen molar-refractivity contribution in [2.45, 2.75) is 0 Å². The van der Waals surface area contributed by atoms with E-state index in [1.165, 1.54) is 12.1 Å². The van der Waals surface area contributed by atoms with Crippen molar-refractivity contribution < 1.29 is 19.1 Å². The number of esters is 1. The van der Waals surface area contributed by atoms with Crippen molar-refractivity contribution in [3.63, 3.8) is 0 Å². The van der Waals surface area contributed by atoms with Gasteiger partial charge in [0.2, 0.25) is 0 Å². The summed E-state index contributed by atoms with van der Waals surface area (Å²) in [5.74, 6) is -1.94. The molecule has 1 aromatic carbocycles. The van der Waals surface area contributed by atoms with Crippen LogP contribution in [-0.4, -0.2) is 24.4 Å². The average Bonchev–Trinajstić information content (AvgIpc) is 3.02. The standard InChI is InChI=1S/C16H12Cl2N2O4S/c17-11-3-1-9(7-12(11)18)2-4-14(22)24-8-13(21)20-16-10(15(19)23)5-6-25-16/h1-7H,8H2,(H2,19,23)(H,20,21). The molecule has 0 unspecified atom stereocenters. The van der Waals surface area contributed by atoms with Crippen molar-refractivity contribution in [1.82, 2.24) is 0 Å². The van der Waals surface area contributed by atoms with E-state index in [0.29, 0.717) is 20.6 Å². The first kappa shape index (κ1) is 19.0. The number of anilines is 1. The van der Waals surface area contributed by atoms with Crippen LogP contribution in [0, 0.1) is 0 Å². The molecular formula is C16H12Cl2N2O4S. The minimum absolute atomic E-state index is 0.198. The maximum Gasteiger partial charge on any atom is 0.331 e. The molecule has 0 saturated heterocycles. The predicted molar refractivity (Wildman–Crippen MR) is 97.9 cm³/mol. The van der Waals surface area contributed by atoms with Crippen LogP contribution in [0.25, 0.3) is 6.08 Å². The van der Waals surface area contributed by atoms with Crippen LogP contribution in [0.4, 0.5) is 5.00 Å². The number of benzene rings is 1. The smallest absolute Gasteiger partial charge is 0.331 e. The molecule has 1 heterocycles. The highest BCUT2D eigenvalue weighted by Crippen LogP contribution is 2.23. The fraction of sp³-hybridized carbons (Fsp3) is 0.0625. The zero-order valence-electron chi connectivity index (χ0n) is 12.6. The highest BCUT2D eigenvalue weighted by atomic mass is 35.5. The Labute approximate surface area is 157 Å². The van der Waals surface area contributed by atoms with Gasteiger partial charge in [-0.1, -0.05) is 29.3 Å². The summed E-state index contributed by atoms with van der Waals surface area (Å²) in [6.07, 6.45) is 2.64. The summed E-state index contributed by atoms with van der Waals surface area (Å²) in [7, 11) is 0. The Morgan fingerprint density at radius 1 is 1.20 bits per heavy atom. The van der Waals surface area contributed by atoms with Crippen LogP contribution in [0.5, 0.6) is 0 Å². The number of ether oxygens (including phenoxy) is 1. The first-order chi connectivity index (χ1) is 11.9. The third kappa shape index (κ3) is 5.60. The fourth-order valence-corrected chi connectivity index (χ4v) is 2.84. The molecule has 0 spiro atoms. The lowest BCUT2D eigenvalue weighted by molar-refractivity contribution is -0.142. The van der Waals surface area contributed by atoms with Gasteiger partial charge in [0.25, 0.3) is 11.8 Å². The van der Waals surface area contributed by atoms with Gasteiger partial charge in [-0.2, -0.15) is 0 Å². The van der Waals surface area contributed by atoms with Gasteiger partial charge in [0.1, 0.15) is 5.00 Å². The number of thiophene rings is 1. The number of nitrogens with two attached hydrogens (primary N) is 1. The van der Waals surface area contributed by atoms with Crippen LogP contribution in [-0.2, 0) is 14.3 Å². The number of primary amides is 1. The van der Waals surface area contributed by atoms with Crippen LogP contribution in [0.15, 0.2) is 35.7 Å². The third-order valence-electron chi connectivity index (χ3n) is 2.88. The molecule has 0 radical (unpaired) electrons. The van der Waals surface area contributed by atoms with E-state index in [-0.39, 0.29) is 5.56 Å². The minimum atomic E-state index is -0.706. The molecule has 2 rings (SSSR count). The van der Waals surface area contributed by atoms with Crippen molar-refractivity contribution in [2.75, 3.05) is 11.9 Å². The molecule has 0 aliphatic heterocycles.